The number of likely N-dealkylation sites (tertiary alicyclic amines) is 1. The first kappa shape index (κ1) is 12.6. The first-order valence-electron chi connectivity index (χ1n) is 6.43. The minimum Gasteiger partial charge on any atom is -0.450 e. The molecule has 17 heavy (non-hydrogen) atoms. The van der Waals surface area contributed by atoms with E-state index in [2.05, 4.69) is 12.2 Å². The molecule has 0 aromatic rings. The summed E-state index contributed by atoms with van der Waals surface area (Å²) in [5, 5.41) is 3.23. The van der Waals surface area contributed by atoms with Crippen molar-refractivity contribution in [3.8, 4) is 0 Å². The highest BCUT2D eigenvalue weighted by atomic mass is 16.6. The number of rotatable bonds is 3. The Bertz CT molecular complexity index is 271. The van der Waals surface area contributed by atoms with Crippen LogP contribution in [0.1, 0.15) is 26.7 Å². The lowest BCUT2D eigenvalue weighted by atomic mass is 9.98. The predicted molar refractivity (Wildman–Crippen MR) is 64.0 cm³/mol. The smallest absolute Gasteiger partial charge is 0.409 e. The van der Waals surface area contributed by atoms with E-state index < -0.39 is 0 Å². The number of ether oxygens (including phenoxy) is 2. The van der Waals surface area contributed by atoms with E-state index in [1.165, 1.54) is 0 Å². The van der Waals surface area contributed by atoms with Gasteiger partial charge in [0.1, 0.15) is 0 Å². The molecule has 0 aliphatic carbocycles. The van der Waals surface area contributed by atoms with Crippen molar-refractivity contribution in [1.29, 1.82) is 0 Å². The van der Waals surface area contributed by atoms with Crippen molar-refractivity contribution in [3.63, 3.8) is 0 Å². The normalized spacial score (nSPS) is 24.2. The summed E-state index contributed by atoms with van der Waals surface area (Å²) in [6.45, 7) is 7.77. The van der Waals surface area contributed by atoms with Crippen LogP contribution >= 0.6 is 0 Å². The van der Waals surface area contributed by atoms with Crippen LogP contribution in [0.15, 0.2) is 0 Å². The molecule has 5 heteroatoms. The quantitative estimate of drug-likeness (QED) is 0.801. The number of hydrogen-bond donors (Lipinski definition) is 1. The first-order chi connectivity index (χ1) is 8.13. The summed E-state index contributed by atoms with van der Waals surface area (Å²) < 4.78 is 11.0. The number of piperidine rings is 1. The zero-order chi connectivity index (χ0) is 12.3. The molecule has 5 nitrogen and oxygen atoms in total. The molecule has 0 saturated carbocycles. The molecule has 0 bridgehead atoms. The monoisotopic (exact) mass is 242 g/mol. The van der Waals surface area contributed by atoms with Gasteiger partial charge in [-0.15, -0.1) is 0 Å². The van der Waals surface area contributed by atoms with E-state index in [4.69, 9.17) is 9.47 Å². The molecule has 2 saturated heterocycles. The van der Waals surface area contributed by atoms with E-state index >= 15 is 0 Å². The van der Waals surface area contributed by atoms with E-state index in [0.29, 0.717) is 6.61 Å². The summed E-state index contributed by atoms with van der Waals surface area (Å²) in [5.41, 5.74) is 0.0107. The predicted octanol–water partition coefficient (Wildman–Crippen LogP) is 0.986. The SMILES string of the molecule is CCOC(=O)N1CCC(OC2(C)CNC2)CC1. The Morgan fingerprint density at radius 1 is 1.41 bits per heavy atom. The van der Waals surface area contributed by atoms with Gasteiger partial charge in [0.2, 0.25) is 0 Å². The molecule has 0 atom stereocenters. The zero-order valence-corrected chi connectivity index (χ0v) is 10.7. The lowest BCUT2D eigenvalue weighted by Crippen LogP contribution is -2.60. The van der Waals surface area contributed by atoms with Crippen molar-refractivity contribution < 1.29 is 14.3 Å². The van der Waals surface area contributed by atoms with Gasteiger partial charge in [0.05, 0.1) is 18.3 Å². The minimum absolute atomic E-state index is 0.0107. The molecule has 2 heterocycles. The number of hydrogen-bond acceptors (Lipinski definition) is 4. The van der Waals surface area contributed by atoms with Gasteiger partial charge in [-0.1, -0.05) is 0 Å². The number of nitrogens with zero attached hydrogens (tertiary/aromatic N) is 1. The van der Waals surface area contributed by atoms with Crippen molar-refractivity contribution in [1.82, 2.24) is 10.2 Å². The first-order valence-corrected chi connectivity index (χ1v) is 6.43. The second kappa shape index (κ2) is 5.23. The van der Waals surface area contributed by atoms with Crippen LogP contribution in [-0.4, -0.2) is 55.5 Å². The van der Waals surface area contributed by atoms with E-state index in [1.54, 1.807) is 4.90 Å². The molecule has 0 aromatic carbocycles. The highest BCUT2D eigenvalue weighted by molar-refractivity contribution is 5.67. The maximum atomic E-state index is 11.5. The van der Waals surface area contributed by atoms with Crippen molar-refractivity contribution >= 4 is 6.09 Å². The van der Waals surface area contributed by atoms with Crippen LogP contribution in [0.5, 0.6) is 0 Å². The Morgan fingerprint density at radius 3 is 2.53 bits per heavy atom. The molecule has 2 aliphatic rings. The molecule has 0 radical (unpaired) electrons. The van der Waals surface area contributed by atoms with E-state index in [9.17, 15) is 4.79 Å². The fourth-order valence-electron chi connectivity index (χ4n) is 2.33. The molecule has 2 rings (SSSR count). The van der Waals surface area contributed by atoms with Crippen LogP contribution in [0.3, 0.4) is 0 Å². The molecule has 2 fully saturated rings. The summed E-state index contributed by atoms with van der Waals surface area (Å²) >= 11 is 0. The topological polar surface area (TPSA) is 50.8 Å². The van der Waals surface area contributed by atoms with Gasteiger partial charge >= 0.3 is 6.09 Å². The van der Waals surface area contributed by atoms with Crippen LogP contribution in [0.25, 0.3) is 0 Å². The third-order valence-electron chi connectivity index (χ3n) is 3.42. The molecular weight excluding hydrogens is 220 g/mol. The summed E-state index contributed by atoms with van der Waals surface area (Å²) in [7, 11) is 0. The molecule has 0 spiro atoms. The van der Waals surface area contributed by atoms with Crippen molar-refractivity contribution in [2.75, 3.05) is 32.8 Å². The highest BCUT2D eigenvalue weighted by Gasteiger charge is 2.36. The summed E-state index contributed by atoms with van der Waals surface area (Å²) in [6, 6.07) is 0. The Labute approximate surface area is 102 Å². The van der Waals surface area contributed by atoms with Gasteiger partial charge < -0.3 is 19.7 Å². The standard InChI is InChI=1S/C12H22N2O3/c1-3-16-11(15)14-6-4-10(5-7-14)17-12(2)8-13-9-12/h10,13H,3-9H2,1-2H3. The fraction of sp³-hybridized carbons (Fsp3) is 0.917. The van der Waals surface area contributed by atoms with E-state index in [-0.39, 0.29) is 17.8 Å². The average molecular weight is 242 g/mol. The summed E-state index contributed by atoms with van der Waals surface area (Å²) in [5.74, 6) is 0. The number of carbonyl (C=O) groups excluding carboxylic acids is 1. The average Bonchev–Trinajstić information content (AvgIpc) is 2.28. The zero-order valence-electron chi connectivity index (χ0n) is 10.7. The van der Waals surface area contributed by atoms with Gasteiger partial charge in [-0.3, -0.25) is 0 Å². The fourth-order valence-corrected chi connectivity index (χ4v) is 2.33. The number of nitrogens with one attached hydrogen (secondary N) is 1. The molecule has 0 aromatic heterocycles. The maximum Gasteiger partial charge on any atom is 0.409 e. The van der Waals surface area contributed by atoms with Crippen molar-refractivity contribution in [2.24, 2.45) is 0 Å². The van der Waals surface area contributed by atoms with Crippen LogP contribution in [-0.2, 0) is 9.47 Å². The Morgan fingerprint density at radius 2 is 2.06 bits per heavy atom. The lowest BCUT2D eigenvalue weighted by Gasteiger charge is -2.43. The van der Waals surface area contributed by atoms with Gasteiger partial charge in [0.25, 0.3) is 0 Å². The summed E-state index contributed by atoms with van der Waals surface area (Å²) in [4.78, 5) is 13.3. The van der Waals surface area contributed by atoms with Gasteiger partial charge in [0.15, 0.2) is 0 Å². The largest absolute Gasteiger partial charge is 0.450 e. The van der Waals surface area contributed by atoms with Gasteiger partial charge in [0, 0.05) is 26.2 Å². The van der Waals surface area contributed by atoms with Gasteiger partial charge in [-0.25, -0.2) is 4.79 Å². The molecule has 1 N–H and O–H groups in total. The van der Waals surface area contributed by atoms with Gasteiger partial charge in [-0.2, -0.15) is 0 Å². The molecule has 1 amide bonds. The third-order valence-corrected chi connectivity index (χ3v) is 3.42. The second-order valence-electron chi connectivity index (χ2n) is 5.06. The molecule has 2 aliphatic heterocycles. The third kappa shape index (κ3) is 3.10. The Hall–Kier alpha value is -0.810. The minimum atomic E-state index is -0.192. The van der Waals surface area contributed by atoms with Crippen LogP contribution in [0, 0.1) is 0 Å². The molecule has 0 unspecified atom stereocenters. The maximum absolute atomic E-state index is 11.5. The van der Waals surface area contributed by atoms with Gasteiger partial charge in [-0.05, 0) is 26.7 Å². The highest BCUT2D eigenvalue weighted by Crippen LogP contribution is 2.23. The van der Waals surface area contributed by atoms with E-state index in [1.807, 2.05) is 6.92 Å². The number of carbonyl (C=O) groups is 1. The van der Waals surface area contributed by atoms with Crippen LogP contribution in [0.2, 0.25) is 0 Å². The van der Waals surface area contributed by atoms with Crippen LogP contribution in [0.4, 0.5) is 4.79 Å². The van der Waals surface area contributed by atoms with E-state index in [0.717, 1.165) is 39.0 Å². The Balaban J connectivity index is 1.72. The van der Waals surface area contributed by atoms with Crippen LogP contribution < -0.4 is 5.32 Å². The molecule has 98 valence electrons. The second-order valence-corrected chi connectivity index (χ2v) is 5.06. The van der Waals surface area contributed by atoms with Crippen molar-refractivity contribution in [3.05, 3.63) is 0 Å². The molecular formula is C12H22N2O3. The van der Waals surface area contributed by atoms with Crippen molar-refractivity contribution in [2.45, 2.75) is 38.4 Å². The Kier molecular flexibility index (Phi) is 3.89. The lowest BCUT2D eigenvalue weighted by molar-refractivity contribution is -0.124. The summed E-state index contributed by atoms with van der Waals surface area (Å²) in [6.07, 6.45) is 1.92. The number of amides is 1.